The number of thioether (sulfide) groups is 1. The summed E-state index contributed by atoms with van der Waals surface area (Å²) in [7, 11) is 0. The first-order valence-electron chi connectivity index (χ1n) is 7.27. The standard InChI is InChI=1S/C17H15ClN4OS/c1-12(23)20-15-6-3-7-16(9-15)22-11-19-21-17(22)24-10-13-4-2-5-14(18)8-13/h2-9,11H,10H2,1H3,(H,20,23). The molecule has 3 rings (SSSR count). The van der Waals surface area contributed by atoms with E-state index in [0.717, 1.165) is 32.9 Å². The Morgan fingerprint density at radius 3 is 2.88 bits per heavy atom. The van der Waals surface area contributed by atoms with Gasteiger partial charge >= 0.3 is 0 Å². The summed E-state index contributed by atoms with van der Waals surface area (Å²) in [4.78, 5) is 11.2. The number of amides is 1. The Bertz CT molecular complexity index is 865. The van der Waals surface area contributed by atoms with Gasteiger partial charge in [0.1, 0.15) is 6.33 Å². The van der Waals surface area contributed by atoms with Gasteiger partial charge in [-0.15, -0.1) is 10.2 Å². The maximum atomic E-state index is 11.2. The molecule has 0 atom stereocenters. The Labute approximate surface area is 149 Å². The molecule has 1 aromatic heterocycles. The van der Waals surface area contributed by atoms with Crippen molar-refractivity contribution in [2.45, 2.75) is 17.8 Å². The molecule has 122 valence electrons. The van der Waals surface area contributed by atoms with E-state index in [1.807, 2.05) is 53.1 Å². The molecule has 0 radical (unpaired) electrons. The van der Waals surface area contributed by atoms with E-state index >= 15 is 0 Å². The van der Waals surface area contributed by atoms with Crippen LogP contribution < -0.4 is 5.32 Å². The molecule has 0 fully saturated rings. The molecule has 1 heterocycles. The summed E-state index contributed by atoms with van der Waals surface area (Å²) in [6.07, 6.45) is 1.66. The van der Waals surface area contributed by atoms with Gasteiger partial charge in [-0.1, -0.05) is 41.6 Å². The zero-order valence-electron chi connectivity index (χ0n) is 12.9. The van der Waals surface area contributed by atoms with Crippen molar-refractivity contribution in [1.29, 1.82) is 0 Å². The molecule has 2 aromatic carbocycles. The Morgan fingerprint density at radius 1 is 1.25 bits per heavy atom. The highest BCUT2D eigenvalue weighted by Crippen LogP contribution is 2.25. The van der Waals surface area contributed by atoms with Crippen LogP contribution in [0.5, 0.6) is 0 Å². The van der Waals surface area contributed by atoms with Crippen LogP contribution in [-0.2, 0) is 10.5 Å². The lowest BCUT2D eigenvalue weighted by Crippen LogP contribution is -2.06. The third kappa shape index (κ3) is 4.15. The summed E-state index contributed by atoms with van der Waals surface area (Å²) in [6, 6.07) is 15.3. The molecule has 0 aliphatic heterocycles. The van der Waals surface area contributed by atoms with E-state index in [4.69, 9.17) is 11.6 Å². The minimum absolute atomic E-state index is 0.105. The second kappa shape index (κ2) is 7.51. The maximum Gasteiger partial charge on any atom is 0.221 e. The van der Waals surface area contributed by atoms with Crippen LogP contribution in [0.4, 0.5) is 5.69 Å². The predicted molar refractivity (Wildman–Crippen MR) is 96.7 cm³/mol. The van der Waals surface area contributed by atoms with E-state index in [-0.39, 0.29) is 5.91 Å². The molecule has 1 N–H and O–H groups in total. The second-order valence-electron chi connectivity index (χ2n) is 5.13. The highest BCUT2D eigenvalue weighted by Gasteiger charge is 2.08. The van der Waals surface area contributed by atoms with Crippen LogP contribution in [0.1, 0.15) is 12.5 Å². The molecule has 3 aromatic rings. The van der Waals surface area contributed by atoms with Crippen LogP contribution in [-0.4, -0.2) is 20.7 Å². The fraction of sp³-hybridized carbons (Fsp3) is 0.118. The Hall–Kier alpha value is -2.31. The normalized spacial score (nSPS) is 10.6. The summed E-state index contributed by atoms with van der Waals surface area (Å²) in [5.41, 5.74) is 2.74. The van der Waals surface area contributed by atoms with Crippen LogP contribution in [0.3, 0.4) is 0 Å². The molecule has 0 unspecified atom stereocenters. The van der Waals surface area contributed by atoms with Crippen molar-refractivity contribution < 1.29 is 4.79 Å². The van der Waals surface area contributed by atoms with E-state index in [1.165, 1.54) is 6.92 Å². The van der Waals surface area contributed by atoms with Crippen LogP contribution in [0, 0.1) is 0 Å². The van der Waals surface area contributed by atoms with Gasteiger partial charge in [0.2, 0.25) is 5.91 Å². The number of hydrogen-bond acceptors (Lipinski definition) is 4. The zero-order chi connectivity index (χ0) is 16.9. The quantitative estimate of drug-likeness (QED) is 0.695. The minimum Gasteiger partial charge on any atom is -0.326 e. The fourth-order valence-corrected chi connectivity index (χ4v) is 3.30. The highest BCUT2D eigenvalue weighted by atomic mass is 35.5. The number of carbonyl (C=O) groups excluding carboxylic acids is 1. The van der Waals surface area contributed by atoms with E-state index < -0.39 is 0 Å². The Balaban J connectivity index is 1.79. The first kappa shape index (κ1) is 16.5. The average molecular weight is 359 g/mol. The number of anilines is 1. The van der Waals surface area contributed by atoms with Gasteiger partial charge < -0.3 is 5.32 Å². The van der Waals surface area contributed by atoms with Gasteiger partial charge in [0.05, 0.1) is 5.69 Å². The number of nitrogens with zero attached hydrogens (tertiary/aromatic N) is 3. The number of benzene rings is 2. The highest BCUT2D eigenvalue weighted by molar-refractivity contribution is 7.98. The zero-order valence-corrected chi connectivity index (χ0v) is 14.5. The number of nitrogens with one attached hydrogen (secondary N) is 1. The van der Waals surface area contributed by atoms with Gasteiger partial charge in [-0.05, 0) is 35.9 Å². The van der Waals surface area contributed by atoms with Crippen molar-refractivity contribution in [1.82, 2.24) is 14.8 Å². The van der Waals surface area contributed by atoms with Crippen molar-refractivity contribution in [3.8, 4) is 5.69 Å². The topological polar surface area (TPSA) is 59.8 Å². The summed E-state index contributed by atoms with van der Waals surface area (Å²) in [5.74, 6) is 0.636. The third-order valence-electron chi connectivity index (χ3n) is 3.22. The summed E-state index contributed by atoms with van der Waals surface area (Å²) in [5, 5.41) is 12.4. The predicted octanol–water partition coefficient (Wildman–Crippen LogP) is 4.17. The van der Waals surface area contributed by atoms with E-state index in [1.54, 1.807) is 18.1 Å². The SMILES string of the molecule is CC(=O)Nc1cccc(-n2cnnc2SCc2cccc(Cl)c2)c1. The Kier molecular flexibility index (Phi) is 5.17. The lowest BCUT2D eigenvalue weighted by molar-refractivity contribution is -0.114. The van der Waals surface area contributed by atoms with E-state index in [2.05, 4.69) is 15.5 Å². The van der Waals surface area contributed by atoms with Gasteiger partial charge in [0.15, 0.2) is 5.16 Å². The monoisotopic (exact) mass is 358 g/mol. The number of aromatic nitrogens is 3. The lowest BCUT2D eigenvalue weighted by Gasteiger charge is -2.09. The average Bonchev–Trinajstić information content (AvgIpc) is 3.01. The first-order chi connectivity index (χ1) is 11.6. The smallest absolute Gasteiger partial charge is 0.221 e. The number of hydrogen-bond donors (Lipinski definition) is 1. The molecule has 0 saturated carbocycles. The molecule has 0 spiro atoms. The van der Waals surface area contributed by atoms with E-state index in [0.29, 0.717) is 0 Å². The summed E-state index contributed by atoms with van der Waals surface area (Å²) < 4.78 is 1.89. The molecule has 5 nitrogen and oxygen atoms in total. The molecule has 0 saturated heterocycles. The Morgan fingerprint density at radius 2 is 2.08 bits per heavy atom. The van der Waals surface area contributed by atoms with Gasteiger partial charge in [0.25, 0.3) is 0 Å². The number of halogens is 1. The van der Waals surface area contributed by atoms with Crippen molar-refractivity contribution in [2.24, 2.45) is 0 Å². The fourth-order valence-electron chi connectivity index (χ4n) is 2.21. The van der Waals surface area contributed by atoms with Crippen molar-refractivity contribution in [3.63, 3.8) is 0 Å². The van der Waals surface area contributed by atoms with Gasteiger partial charge in [0, 0.05) is 23.4 Å². The van der Waals surface area contributed by atoms with Crippen LogP contribution in [0.15, 0.2) is 60.0 Å². The maximum absolute atomic E-state index is 11.2. The van der Waals surface area contributed by atoms with E-state index in [9.17, 15) is 4.79 Å². The molecular weight excluding hydrogens is 344 g/mol. The second-order valence-corrected chi connectivity index (χ2v) is 6.51. The number of carbonyl (C=O) groups is 1. The minimum atomic E-state index is -0.105. The van der Waals surface area contributed by atoms with Gasteiger partial charge in [-0.2, -0.15) is 0 Å². The summed E-state index contributed by atoms with van der Waals surface area (Å²) in [6.45, 7) is 1.48. The van der Waals surface area contributed by atoms with Gasteiger partial charge in [-0.25, -0.2) is 0 Å². The molecule has 7 heteroatoms. The van der Waals surface area contributed by atoms with Gasteiger partial charge in [-0.3, -0.25) is 9.36 Å². The van der Waals surface area contributed by atoms with Crippen molar-refractivity contribution in [2.75, 3.05) is 5.32 Å². The van der Waals surface area contributed by atoms with Crippen LogP contribution in [0.2, 0.25) is 5.02 Å². The molecule has 0 bridgehead atoms. The summed E-state index contributed by atoms with van der Waals surface area (Å²) >= 11 is 7.59. The molecule has 0 aliphatic carbocycles. The molecule has 24 heavy (non-hydrogen) atoms. The molecular formula is C17H15ClN4OS. The molecule has 0 aliphatic rings. The molecule has 1 amide bonds. The largest absolute Gasteiger partial charge is 0.326 e. The first-order valence-corrected chi connectivity index (χ1v) is 8.63. The number of rotatable bonds is 5. The van der Waals surface area contributed by atoms with Crippen LogP contribution >= 0.6 is 23.4 Å². The third-order valence-corrected chi connectivity index (χ3v) is 4.47. The van der Waals surface area contributed by atoms with Crippen LogP contribution in [0.25, 0.3) is 5.69 Å². The van der Waals surface area contributed by atoms with Crippen molar-refractivity contribution >= 4 is 35.0 Å². The lowest BCUT2D eigenvalue weighted by atomic mass is 10.2. The van der Waals surface area contributed by atoms with Crippen molar-refractivity contribution in [3.05, 3.63) is 65.4 Å².